The fraction of sp³-hybridized carbons (Fsp3) is 0.500. The lowest BCUT2D eigenvalue weighted by atomic mass is 9.95. The van der Waals surface area contributed by atoms with Crippen molar-refractivity contribution in [2.24, 2.45) is 5.73 Å². The molecular formula is C12H18FNO2. The predicted molar refractivity (Wildman–Crippen MR) is 61.5 cm³/mol. The number of hydrogen-bond acceptors (Lipinski definition) is 3. The van der Waals surface area contributed by atoms with Gasteiger partial charge in [0.1, 0.15) is 5.82 Å². The first kappa shape index (κ1) is 12.8. The molecule has 0 bridgehead atoms. The van der Waals surface area contributed by atoms with E-state index in [0.29, 0.717) is 23.5 Å². The molecule has 3 nitrogen and oxygen atoms in total. The number of methoxy groups -OCH3 is 2. The van der Waals surface area contributed by atoms with Gasteiger partial charge in [-0.05, 0) is 31.9 Å². The summed E-state index contributed by atoms with van der Waals surface area (Å²) < 4.78 is 23.8. The van der Waals surface area contributed by atoms with Crippen LogP contribution in [0.5, 0.6) is 11.5 Å². The molecule has 16 heavy (non-hydrogen) atoms. The van der Waals surface area contributed by atoms with Crippen LogP contribution in [0.15, 0.2) is 12.1 Å². The third-order valence-corrected chi connectivity index (χ3v) is 2.20. The van der Waals surface area contributed by atoms with Gasteiger partial charge in [-0.2, -0.15) is 0 Å². The van der Waals surface area contributed by atoms with Gasteiger partial charge in [0.05, 0.1) is 14.2 Å². The maximum atomic E-state index is 13.7. The second-order valence-corrected chi connectivity index (χ2v) is 4.46. The summed E-state index contributed by atoms with van der Waals surface area (Å²) in [4.78, 5) is 0. The van der Waals surface area contributed by atoms with Crippen molar-refractivity contribution in [2.75, 3.05) is 14.2 Å². The summed E-state index contributed by atoms with van der Waals surface area (Å²) in [6, 6.07) is 2.95. The zero-order chi connectivity index (χ0) is 12.3. The van der Waals surface area contributed by atoms with Crippen molar-refractivity contribution in [3.8, 4) is 11.5 Å². The molecular weight excluding hydrogens is 209 g/mol. The van der Waals surface area contributed by atoms with Crippen molar-refractivity contribution < 1.29 is 13.9 Å². The maximum Gasteiger partial charge on any atom is 0.163 e. The smallest absolute Gasteiger partial charge is 0.163 e. The molecule has 2 N–H and O–H groups in total. The third kappa shape index (κ3) is 3.10. The van der Waals surface area contributed by atoms with E-state index >= 15 is 0 Å². The summed E-state index contributed by atoms with van der Waals surface area (Å²) in [7, 11) is 3.00. The standard InChI is InChI=1S/C12H18FNO2/c1-12(2,14)7-8-5-10(15-3)11(16-4)6-9(8)13/h5-6H,7,14H2,1-4H3. The molecule has 0 aromatic heterocycles. The van der Waals surface area contributed by atoms with E-state index in [4.69, 9.17) is 15.2 Å². The fourth-order valence-corrected chi connectivity index (χ4v) is 1.52. The highest BCUT2D eigenvalue weighted by atomic mass is 19.1. The van der Waals surface area contributed by atoms with Gasteiger partial charge in [-0.1, -0.05) is 0 Å². The van der Waals surface area contributed by atoms with Gasteiger partial charge in [0, 0.05) is 11.6 Å². The van der Waals surface area contributed by atoms with E-state index in [1.807, 2.05) is 13.8 Å². The second kappa shape index (κ2) is 4.70. The molecule has 0 amide bonds. The minimum absolute atomic E-state index is 0.323. The van der Waals surface area contributed by atoms with Crippen LogP contribution in [0.25, 0.3) is 0 Å². The van der Waals surface area contributed by atoms with Crippen molar-refractivity contribution in [2.45, 2.75) is 25.8 Å². The van der Waals surface area contributed by atoms with E-state index < -0.39 is 5.54 Å². The average molecular weight is 227 g/mol. The van der Waals surface area contributed by atoms with Crippen molar-refractivity contribution in [1.82, 2.24) is 0 Å². The van der Waals surface area contributed by atoms with Crippen LogP contribution in [0.1, 0.15) is 19.4 Å². The minimum atomic E-state index is -0.458. The van der Waals surface area contributed by atoms with E-state index in [9.17, 15) is 4.39 Å². The molecule has 0 fully saturated rings. The summed E-state index contributed by atoms with van der Waals surface area (Å²) in [6.07, 6.45) is 0.444. The molecule has 0 unspecified atom stereocenters. The number of hydrogen-bond donors (Lipinski definition) is 1. The van der Waals surface area contributed by atoms with Gasteiger partial charge in [0.2, 0.25) is 0 Å². The van der Waals surface area contributed by atoms with Crippen molar-refractivity contribution in [1.29, 1.82) is 0 Å². The Bertz CT molecular complexity index is 372. The lowest BCUT2D eigenvalue weighted by molar-refractivity contribution is 0.350. The largest absolute Gasteiger partial charge is 0.493 e. The first-order valence-corrected chi connectivity index (χ1v) is 5.06. The summed E-state index contributed by atoms with van der Waals surface area (Å²) in [5.41, 5.74) is 5.93. The van der Waals surface area contributed by atoms with Gasteiger partial charge in [-0.3, -0.25) is 0 Å². The van der Waals surface area contributed by atoms with Crippen LogP contribution >= 0.6 is 0 Å². The molecule has 0 aliphatic carbocycles. The van der Waals surface area contributed by atoms with E-state index in [0.717, 1.165) is 0 Å². The van der Waals surface area contributed by atoms with Crippen LogP contribution in [0, 0.1) is 5.82 Å². The predicted octanol–water partition coefficient (Wildman–Crippen LogP) is 2.12. The molecule has 0 spiro atoms. The zero-order valence-corrected chi connectivity index (χ0v) is 10.1. The number of nitrogens with two attached hydrogens (primary N) is 1. The van der Waals surface area contributed by atoms with Crippen LogP contribution in [0.2, 0.25) is 0 Å². The first-order valence-electron chi connectivity index (χ1n) is 5.06. The third-order valence-electron chi connectivity index (χ3n) is 2.20. The molecule has 4 heteroatoms. The second-order valence-electron chi connectivity index (χ2n) is 4.46. The van der Waals surface area contributed by atoms with E-state index in [1.54, 1.807) is 6.07 Å². The van der Waals surface area contributed by atoms with Gasteiger partial charge in [-0.15, -0.1) is 0 Å². The molecule has 0 aliphatic rings. The van der Waals surface area contributed by atoms with Crippen molar-refractivity contribution in [3.05, 3.63) is 23.5 Å². The summed E-state index contributed by atoms with van der Waals surface area (Å²) in [5.74, 6) is 0.581. The Morgan fingerprint density at radius 2 is 1.69 bits per heavy atom. The van der Waals surface area contributed by atoms with Crippen LogP contribution < -0.4 is 15.2 Å². The quantitative estimate of drug-likeness (QED) is 0.857. The molecule has 90 valence electrons. The SMILES string of the molecule is COc1cc(F)c(CC(C)(C)N)cc1OC. The Balaban J connectivity index is 3.11. The van der Waals surface area contributed by atoms with E-state index in [1.165, 1.54) is 20.3 Å². The summed E-state index contributed by atoms with van der Waals surface area (Å²) in [6.45, 7) is 3.70. The van der Waals surface area contributed by atoms with Crippen LogP contribution in [-0.2, 0) is 6.42 Å². The van der Waals surface area contributed by atoms with Crippen molar-refractivity contribution >= 4 is 0 Å². The monoisotopic (exact) mass is 227 g/mol. The number of halogens is 1. The topological polar surface area (TPSA) is 44.5 Å². The fourth-order valence-electron chi connectivity index (χ4n) is 1.52. The first-order chi connectivity index (χ1) is 7.37. The Hall–Kier alpha value is -1.29. The molecule has 0 atom stereocenters. The van der Waals surface area contributed by atoms with Crippen LogP contribution in [0.3, 0.4) is 0 Å². The van der Waals surface area contributed by atoms with Crippen LogP contribution in [0.4, 0.5) is 4.39 Å². The minimum Gasteiger partial charge on any atom is -0.493 e. The highest BCUT2D eigenvalue weighted by Gasteiger charge is 2.17. The molecule has 1 aromatic rings. The Morgan fingerprint density at radius 1 is 1.19 bits per heavy atom. The van der Waals surface area contributed by atoms with E-state index in [-0.39, 0.29) is 5.82 Å². The maximum absolute atomic E-state index is 13.7. The Labute approximate surface area is 95.4 Å². The number of ether oxygens (including phenoxy) is 2. The van der Waals surface area contributed by atoms with Gasteiger partial charge < -0.3 is 15.2 Å². The Kier molecular flexibility index (Phi) is 3.75. The molecule has 0 aliphatic heterocycles. The van der Waals surface area contributed by atoms with Gasteiger partial charge in [-0.25, -0.2) is 4.39 Å². The lowest BCUT2D eigenvalue weighted by Crippen LogP contribution is -2.34. The highest BCUT2D eigenvalue weighted by Crippen LogP contribution is 2.30. The number of benzene rings is 1. The molecule has 0 heterocycles. The van der Waals surface area contributed by atoms with Crippen LogP contribution in [-0.4, -0.2) is 19.8 Å². The van der Waals surface area contributed by atoms with Crippen molar-refractivity contribution in [3.63, 3.8) is 0 Å². The summed E-state index contributed by atoms with van der Waals surface area (Å²) >= 11 is 0. The van der Waals surface area contributed by atoms with Gasteiger partial charge >= 0.3 is 0 Å². The lowest BCUT2D eigenvalue weighted by Gasteiger charge is -2.19. The number of rotatable bonds is 4. The molecule has 0 radical (unpaired) electrons. The molecule has 1 rings (SSSR count). The molecule has 0 saturated heterocycles. The molecule has 1 aromatic carbocycles. The van der Waals surface area contributed by atoms with Gasteiger partial charge in [0.25, 0.3) is 0 Å². The average Bonchev–Trinajstić information content (AvgIpc) is 2.18. The van der Waals surface area contributed by atoms with Gasteiger partial charge in [0.15, 0.2) is 11.5 Å². The van der Waals surface area contributed by atoms with E-state index in [2.05, 4.69) is 0 Å². The summed E-state index contributed by atoms with van der Waals surface area (Å²) in [5, 5.41) is 0. The highest BCUT2D eigenvalue weighted by molar-refractivity contribution is 5.44. The normalized spacial score (nSPS) is 11.4. The Morgan fingerprint density at radius 3 is 2.12 bits per heavy atom. The zero-order valence-electron chi connectivity index (χ0n) is 10.1. The molecule has 0 saturated carbocycles.